The Hall–Kier alpha value is -0.298. The van der Waals surface area contributed by atoms with Gasteiger partial charge in [-0.25, -0.2) is 9.97 Å². The molecule has 0 atom stereocenters. The van der Waals surface area contributed by atoms with Crippen LogP contribution in [-0.2, 0) is 17.6 Å². The topological polar surface area (TPSA) is 73.7 Å². The lowest BCUT2D eigenvalue weighted by molar-refractivity contribution is 0.275. The smallest absolute Gasteiger partial charge is 0.227 e. The van der Waals surface area contributed by atoms with Gasteiger partial charge in [0.1, 0.15) is 0 Å². The maximum atomic E-state index is 8.72. The first-order valence-corrected chi connectivity index (χ1v) is 15.7. The normalized spacial score (nSPS) is 11.7. The van der Waals surface area contributed by atoms with Gasteiger partial charge < -0.3 is 19.0 Å². The molecule has 2 aromatic heterocycles. The van der Waals surface area contributed by atoms with E-state index in [9.17, 15) is 0 Å². The first kappa shape index (κ1) is 27.9. The minimum Gasteiger partial charge on any atom is -0.480 e. The molecular formula is C20H32BBr2ClN2O4SSi. The van der Waals surface area contributed by atoms with E-state index in [4.69, 9.17) is 32.4 Å². The van der Waals surface area contributed by atoms with Gasteiger partial charge in [0.05, 0.1) is 36.4 Å². The van der Waals surface area contributed by atoms with Gasteiger partial charge in [-0.3, -0.25) is 0 Å². The maximum Gasteiger partial charge on any atom is 0.227 e. The molecule has 0 aromatic carbocycles. The summed E-state index contributed by atoms with van der Waals surface area (Å²) >= 11 is 6.68. The van der Waals surface area contributed by atoms with Crippen molar-refractivity contribution in [3.63, 3.8) is 0 Å². The molecule has 32 heavy (non-hydrogen) atoms. The highest BCUT2D eigenvalue weighted by Crippen LogP contribution is 2.37. The highest BCUT2D eigenvalue weighted by Gasteiger charge is 2.37. The number of hydrogen-bond acceptors (Lipinski definition) is 7. The Bertz CT molecular complexity index is 887. The third-order valence-electron chi connectivity index (χ3n) is 4.70. The van der Waals surface area contributed by atoms with Gasteiger partial charge in [0.25, 0.3) is 0 Å². The number of rotatable bonds is 7. The highest BCUT2D eigenvalue weighted by molar-refractivity contribution is 9.10. The van der Waals surface area contributed by atoms with Crippen LogP contribution in [0, 0.1) is 0 Å². The molecule has 0 unspecified atom stereocenters. The second kappa shape index (κ2) is 15.6. The van der Waals surface area contributed by atoms with Gasteiger partial charge in [0.15, 0.2) is 15.4 Å². The van der Waals surface area contributed by atoms with Crippen LogP contribution in [0.4, 0.5) is 0 Å². The van der Waals surface area contributed by atoms with Crippen molar-refractivity contribution in [2.24, 2.45) is 0 Å². The van der Waals surface area contributed by atoms with Crippen LogP contribution >= 0.6 is 53.4 Å². The molecule has 0 aliphatic rings. The first-order chi connectivity index (χ1) is 15.7. The molecule has 2 aromatic rings. The van der Waals surface area contributed by atoms with Crippen molar-refractivity contribution in [3.8, 4) is 11.8 Å². The summed E-state index contributed by atoms with van der Waals surface area (Å²) in [4.78, 5) is 8.16. The van der Waals surface area contributed by atoms with Gasteiger partial charge in [0, 0.05) is 12.4 Å². The average Bonchev–Trinajstić information content (AvgIpc) is 2.77. The van der Waals surface area contributed by atoms with E-state index in [1.54, 1.807) is 32.7 Å². The molecule has 0 spiro atoms. The average molecular weight is 634 g/mol. The van der Waals surface area contributed by atoms with Crippen molar-refractivity contribution in [2.75, 3.05) is 14.2 Å². The van der Waals surface area contributed by atoms with Crippen molar-refractivity contribution in [2.45, 2.75) is 52.1 Å². The van der Waals surface area contributed by atoms with Gasteiger partial charge in [-0.15, -0.1) is 10.8 Å². The molecule has 0 saturated carbocycles. The number of nitrogens with zero attached hydrogens (tertiary/aromatic N) is 2. The molecule has 12 heteroatoms. The standard InChI is InChI=1S/C13H22BrNO2Si.C7H8BrNO2.BClH2S/c1-13(2,3)18(5,6)17-9-10-7-11(14)12(16-4)15-8-10;1-11-7-6(8)2-5(4-10)3-9-7;1-3-2/h7-8H,9H2,1-6H3;2-3,10H,4H2,1H3;1H2/i;;1TD. The summed E-state index contributed by atoms with van der Waals surface area (Å²) in [5, 5.41) is 8.95. The molecule has 2 heterocycles. The lowest BCUT2D eigenvalue weighted by Crippen LogP contribution is -2.40. The minimum absolute atomic E-state index is 0.00437. The summed E-state index contributed by atoms with van der Waals surface area (Å²) < 4.78 is 30.4. The van der Waals surface area contributed by atoms with Crippen LogP contribution < -0.4 is 9.47 Å². The first-order valence-electron chi connectivity index (χ1n) is 10.6. The quantitative estimate of drug-likeness (QED) is 0.367. The molecule has 0 fully saturated rings. The number of halogens is 3. The minimum atomic E-state index is -1.70. The van der Waals surface area contributed by atoms with Crippen LogP contribution in [0.25, 0.3) is 0 Å². The zero-order valence-electron chi connectivity index (χ0n) is 21.4. The molecule has 180 valence electrons. The molecule has 1 N–H and O–H groups in total. The largest absolute Gasteiger partial charge is 0.480 e. The summed E-state index contributed by atoms with van der Waals surface area (Å²) in [6, 6.07) is 3.77. The van der Waals surface area contributed by atoms with E-state index in [0.29, 0.717) is 29.2 Å². The summed E-state index contributed by atoms with van der Waals surface area (Å²) in [6.45, 7) is 11.8. The predicted molar refractivity (Wildman–Crippen MR) is 147 cm³/mol. The molecule has 2 rings (SSSR count). The van der Waals surface area contributed by atoms with E-state index >= 15 is 0 Å². The zero-order valence-corrected chi connectivity index (χ0v) is 25.2. The second-order valence-electron chi connectivity index (χ2n) is 7.97. The number of ether oxygens (including phenoxy) is 2. The third-order valence-corrected chi connectivity index (χ3v) is 10.3. The second-order valence-corrected chi connectivity index (χ2v) is 15.2. The summed E-state index contributed by atoms with van der Waals surface area (Å²) in [5.74, 6) is 1.13. The summed E-state index contributed by atoms with van der Waals surface area (Å²) in [6.07, 6.45) is 3.38. The van der Waals surface area contributed by atoms with Crippen molar-refractivity contribution >= 4 is 68.7 Å². The highest BCUT2D eigenvalue weighted by atomic mass is 79.9. The van der Waals surface area contributed by atoms with E-state index in [-0.39, 0.29) is 11.6 Å². The molecule has 6 nitrogen and oxygen atoms in total. The maximum absolute atomic E-state index is 8.72. The number of methoxy groups -OCH3 is 2. The van der Waals surface area contributed by atoms with Crippen LogP contribution in [0.1, 0.15) is 31.9 Å². The molecule has 0 bridgehead atoms. The summed E-state index contributed by atoms with van der Waals surface area (Å²) in [7, 11) is 6.09. The lowest BCUT2D eigenvalue weighted by Gasteiger charge is -2.36. The van der Waals surface area contributed by atoms with Crippen molar-refractivity contribution in [1.29, 1.82) is 2.67 Å². The van der Waals surface area contributed by atoms with Gasteiger partial charge in [-0.1, -0.05) is 31.5 Å². The van der Waals surface area contributed by atoms with E-state index < -0.39 is 15.4 Å². The SMILES string of the molecule is COc1ncc(CO)cc1Br.COc1ncc(CO[Si](C)(C)C(C)(C)C)cc1Br.[2H]B([3H])SCl. The Morgan fingerprint density at radius 1 is 1.16 bits per heavy atom. The lowest BCUT2D eigenvalue weighted by atomic mass is 10.2. The van der Waals surface area contributed by atoms with Crippen LogP contribution in [0.2, 0.25) is 18.1 Å². The van der Waals surface area contributed by atoms with Gasteiger partial charge in [-0.05, 0) is 75.9 Å². The summed E-state index contributed by atoms with van der Waals surface area (Å²) in [5.41, 5.74) is 1.82. The number of aliphatic hydroxyl groups is 1. The zero-order chi connectivity index (χ0) is 26.5. The van der Waals surface area contributed by atoms with Crippen molar-refractivity contribution < 1.29 is 19.0 Å². The van der Waals surface area contributed by atoms with E-state index in [0.717, 1.165) is 20.1 Å². The number of pyridine rings is 2. The van der Waals surface area contributed by atoms with E-state index in [1.807, 2.05) is 6.07 Å². The molecule has 0 radical (unpaired) electrons. The van der Waals surface area contributed by atoms with Crippen LogP contribution in [-0.4, -0.2) is 47.3 Å². The van der Waals surface area contributed by atoms with E-state index in [2.05, 4.69) is 75.7 Å². The van der Waals surface area contributed by atoms with Gasteiger partial charge in [-0.2, -0.15) is 0 Å². The molecule has 0 saturated heterocycles. The fraction of sp³-hybridized carbons (Fsp3) is 0.500. The molecule has 0 amide bonds. The Kier molecular flexibility index (Phi) is 13.6. The van der Waals surface area contributed by atoms with Crippen LogP contribution in [0.15, 0.2) is 33.5 Å². The van der Waals surface area contributed by atoms with E-state index in [1.165, 1.54) is 0 Å². The Morgan fingerprint density at radius 3 is 1.94 bits per heavy atom. The Morgan fingerprint density at radius 2 is 1.59 bits per heavy atom. The predicted octanol–water partition coefficient (Wildman–Crippen LogP) is 6.14. The number of aliphatic hydroxyl groups excluding tert-OH is 1. The van der Waals surface area contributed by atoms with Gasteiger partial charge >= 0.3 is 0 Å². The monoisotopic (exact) mass is 631 g/mol. The Balaban J connectivity index is 0.000000575. The molecule has 0 aliphatic heterocycles. The third kappa shape index (κ3) is 11.2. The Labute approximate surface area is 222 Å². The molecule has 0 aliphatic carbocycles. The van der Waals surface area contributed by atoms with Crippen molar-refractivity contribution in [3.05, 3.63) is 44.6 Å². The van der Waals surface area contributed by atoms with Gasteiger partial charge in [0.2, 0.25) is 11.8 Å². The van der Waals surface area contributed by atoms with Crippen LogP contribution in [0.5, 0.6) is 11.8 Å². The fourth-order valence-electron chi connectivity index (χ4n) is 1.88. The van der Waals surface area contributed by atoms with Crippen molar-refractivity contribution in [1.82, 2.24) is 9.97 Å². The fourth-order valence-corrected chi connectivity index (χ4v) is 3.95. The molecular weight excluding hydrogens is 598 g/mol. The number of hydrogen-bond donors (Lipinski definition) is 1. The van der Waals surface area contributed by atoms with Crippen LogP contribution in [0.3, 0.4) is 0 Å². The number of aromatic nitrogens is 2.